The zero-order chi connectivity index (χ0) is 11.4. The van der Waals surface area contributed by atoms with Gasteiger partial charge in [-0.2, -0.15) is 0 Å². The molecule has 2 rings (SSSR count). The van der Waals surface area contributed by atoms with Crippen LogP contribution >= 0.6 is 11.3 Å². The van der Waals surface area contributed by atoms with Gasteiger partial charge >= 0.3 is 0 Å². The predicted octanol–water partition coefficient (Wildman–Crippen LogP) is 2.20. The fourth-order valence-corrected chi connectivity index (χ4v) is 2.47. The van der Waals surface area contributed by atoms with Gasteiger partial charge in [0.25, 0.3) is 0 Å². The van der Waals surface area contributed by atoms with Gasteiger partial charge in [-0.15, -0.1) is 11.3 Å². The second-order valence-corrected chi connectivity index (χ2v) is 5.05. The number of hydrogen-bond acceptors (Lipinski definition) is 3. The maximum absolute atomic E-state index is 4.29. The maximum Gasteiger partial charge on any atom is 0.122 e. The molecular weight excluding hydrogens is 218 g/mol. The highest BCUT2D eigenvalue weighted by atomic mass is 32.1. The second-order valence-electron chi connectivity index (χ2n) is 4.02. The van der Waals surface area contributed by atoms with E-state index in [4.69, 9.17) is 0 Å². The lowest BCUT2D eigenvalue weighted by atomic mass is 10.2. The fraction of sp³-hybridized carbons (Fsp3) is 0.417. The van der Waals surface area contributed by atoms with Crippen molar-refractivity contribution in [2.45, 2.75) is 25.9 Å². The molecule has 0 saturated carbocycles. The maximum atomic E-state index is 4.29. The molecule has 0 aliphatic heterocycles. The lowest BCUT2D eigenvalue weighted by Crippen LogP contribution is -2.28. The average Bonchev–Trinajstić information content (AvgIpc) is 2.87. The minimum absolute atomic E-state index is 0.482. The van der Waals surface area contributed by atoms with E-state index in [1.54, 1.807) is 0 Å². The smallest absolute Gasteiger partial charge is 0.122 e. The first kappa shape index (κ1) is 11.4. The third-order valence-corrected chi connectivity index (χ3v) is 3.52. The van der Waals surface area contributed by atoms with Crippen molar-refractivity contribution >= 4 is 11.3 Å². The van der Waals surface area contributed by atoms with E-state index in [0.29, 0.717) is 6.04 Å². The molecule has 86 valence electrons. The van der Waals surface area contributed by atoms with Crippen LogP contribution < -0.4 is 5.32 Å². The van der Waals surface area contributed by atoms with Crippen molar-refractivity contribution in [1.82, 2.24) is 14.9 Å². The van der Waals surface area contributed by atoms with E-state index in [1.165, 1.54) is 4.88 Å². The third kappa shape index (κ3) is 2.93. The lowest BCUT2D eigenvalue weighted by Gasteiger charge is -2.12. The van der Waals surface area contributed by atoms with Crippen LogP contribution in [-0.2, 0) is 20.0 Å². The zero-order valence-electron chi connectivity index (χ0n) is 9.68. The van der Waals surface area contributed by atoms with E-state index in [0.717, 1.165) is 18.8 Å². The number of aryl methyl sites for hydroxylation is 1. The van der Waals surface area contributed by atoms with Gasteiger partial charge in [0.05, 0.1) is 6.54 Å². The van der Waals surface area contributed by atoms with E-state index < -0.39 is 0 Å². The molecule has 0 spiro atoms. The Hall–Kier alpha value is -1.13. The summed E-state index contributed by atoms with van der Waals surface area (Å²) >= 11 is 1.82. The molecule has 0 amide bonds. The van der Waals surface area contributed by atoms with Crippen molar-refractivity contribution < 1.29 is 0 Å². The van der Waals surface area contributed by atoms with E-state index >= 15 is 0 Å². The molecule has 0 bridgehead atoms. The van der Waals surface area contributed by atoms with E-state index in [-0.39, 0.29) is 0 Å². The van der Waals surface area contributed by atoms with Crippen molar-refractivity contribution in [2.24, 2.45) is 7.05 Å². The van der Waals surface area contributed by atoms with Gasteiger partial charge in [0.2, 0.25) is 0 Å². The normalized spacial score (nSPS) is 12.9. The Labute approximate surface area is 100 Å². The van der Waals surface area contributed by atoms with Crippen LogP contribution in [-0.4, -0.2) is 15.6 Å². The van der Waals surface area contributed by atoms with Crippen LogP contribution in [0.15, 0.2) is 29.9 Å². The Balaban J connectivity index is 1.80. The van der Waals surface area contributed by atoms with Crippen LogP contribution in [0.2, 0.25) is 0 Å². The average molecular weight is 235 g/mol. The first-order valence-corrected chi connectivity index (χ1v) is 6.35. The SMILES string of the molecule is CC(Cc1cccs1)NCc1nccn1C. The van der Waals surface area contributed by atoms with Crippen LogP contribution in [0.25, 0.3) is 0 Å². The zero-order valence-corrected chi connectivity index (χ0v) is 10.5. The molecule has 0 aromatic carbocycles. The molecule has 2 aromatic heterocycles. The highest BCUT2D eigenvalue weighted by molar-refractivity contribution is 7.09. The van der Waals surface area contributed by atoms with Crippen molar-refractivity contribution in [3.63, 3.8) is 0 Å². The predicted molar refractivity (Wildman–Crippen MR) is 67.5 cm³/mol. The summed E-state index contributed by atoms with van der Waals surface area (Å²) in [7, 11) is 2.02. The molecule has 1 atom stereocenters. The van der Waals surface area contributed by atoms with Crippen LogP contribution in [0.4, 0.5) is 0 Å². The molecule has 4 heteroatoms. The monoisotopic (exact) mass is 235 g/mol. The molecule has 0 aliphatic carbocycles. The highest BCUT2D eigenvalue weighted by Crippen LogP contribution is 2.11. The topological polar surface area (TPSA) is 29.9 Å². The summed E-state index contributed by atoms with van der Waals surface area (Å²) in [4.78, 5) is 5.72. The minimum Gasteiger partial charge on any atom is -0.337 e. The number of aromatic nitrogens is 2. The van der Waals surface area contributed by atoms with Gasteiger partial charge in [0.1, 0.15) is 5.82 Å². The van der Waals surface area contributed by atoms with Crippen LogP contribution in [0.1, 0.15) is 17.6 Å². The van der Waals surface area contributed by atoms with E-state index in [1.807, 2.05) is 35.3 Å². The van der Waals surface area contributed by atoms with Gasteiger partial charge in [-0.05, 0) is 24.8 Å². The highest BCUT2D eigenvalue weighted by Gasteiger charge is 2.05. The molecule has 0 saturated heterocycles. The molecule has 2 heterocycles. The number of nitrogens with zero attached hydrogens (tertiary/aromatic N) is 2. The van der Waals surface area contributed by atoms with Crippen LogP contribution in [0.5, 0.6) is 0 Å². The van der Waals surface area contributed by atoms with Gasteiger partial charge in [-0.25, -0.2) is 4.98 Å². The minimum atomic E-state index is 0.482. The lowest BCUT2D eigenvalue weighted by molar-refractivity contribution is 0.528. The number of nitrogens with one attached hydrogen (secondary N) is 1. The summed E-state index contributed by atoms with van der Waals surface area (Å²) in [6.07, 6.45) is 4.89. The van der Waals surface area contributed by atoms with Crippen LogP contribution in [0, 0.1) is 0 Å². The van der Waals surface area contributed by atoms with Crippen molar-refractivity contribution in [3.05, 3.63) is 40.6 Å². The molecule has 0 aliphatic rings. The number of imidazole rings is 1. The number of thiophene rings is 1. The van der Waals surface area contributed by atoms with Gasteiger partial charge in [0.15, 0.2) is 0 Å². The van der Waals surface area contributed by atoms with Gasteiger partial charge in [-0.3, -0.25) is 0 Å². The Morgan fingerprint density at radius 3 is 3.06 bits per heavy atom. The first-order chi connectivity index (χ1) is 7.75. The summed E-state index contributed by atoms with van der Waals surface area (Å²) in [5.41, 5.74) is 0. The standard InChI is InChI=1S/C12H17N3S/c1-10(8-11-4-3-7-16-11)14-9-12-13-5-6-15(12)2/h3-7,10,14H,8-9H2,1-2H3. The molecular formula is C12H17N3S. The van der Waals surface area contributed by atoms with E-state index in [2.05, 4.69) is 34.7 Å². The number of hydrogen-bond donors (Lipinski definition) is 1. The largest absolute Gasteiger partial charge is 0.337 e. The molecule has 3 nitrogen and oxygen atoms in total. The molecule has 2 aromatic rings. The van der Waals surface area contributed by atoms with Crippen molar-refractivity contribution in [2.75, 3.05) is 0 Å². The summed E-state index contributed by atoms with van der Waals surface area (Å²) in [6, 6.07) is 4.77. The molecule has 1 N–H and O–H groups in total. The van der Waals surface area contributed by atoms with Crippen molar-refractivity contribution in [1.29, 1.82) is 0 Å². The molecule has 16 heavy (non-hydrogen) atoms. The fourth-order valence-electron chi connectivity index (χ4n) is 1.64. The molecule has 1 unspecified atom stereocenters. The first-order valence-electron chi connectivity index (χ1n) is 5.47. The summed E-state index contributed by atoms with van der Waals surface area (Å²) in [5, 5.41) is 5.61. The van der Waals surface area contributed by atoms with Crippen molar-refractivity contribution in [3.8, 4) is 0 Å². The summed E-state index contributed by atoms with van der Waals surface area (Å²) < 4.78 is 2.05. The Morgan fingerprint density at radius 1 is 1.56 bits per heavy atom. The van der Waals surface area contributed by atoms with E-state index in [9.17, 15) is 0 Å². The Bertz CT molecular complexity index is 419. The molecule has 0 radical (unpaired) electrons. The summed E-state index contributed by atoms with van der Waals surface area (Å²) in [6.45, 7) is 3.04. The summed E-state index contributed by atoms with van der Waals surface area (Å²) in [5.74, 6) is 1.08. The van der Waals surface area contributed by atoms with Crippen LogP contribution in [0.3, 0.4) is 0 Å². The number of rotatable bonds is 5. The quantitative estimate of drug-likeness (QED) is 0.861. The molecule has 0 fully saturated rings. The second kappa shape index (κ2) is 5.27. The Morgan fingerprint density at radius 2 is 2.44 bits per heavy atom. The van der Waals surface area contributed by atoms with Gasteiger partial charge < -0.3 is 9.88 Å². The Kier molecular flexibility index (Phi) is 3.74. The van der Waals surface area contributed by atoms with Gasteiger partial charge in [0, 0.05) is 30.4 Å². The van der Waals surface area contributed by atoms with Gasteiger partial charge in [-0.1, -0.05) is 6.07 Å². The third-order valence-electron chi connectivity index (χ3n) is 2.62.